The van der Waals surface area contributed by atoms with Crippen molar-refractivity contribution >= 4 is 27.2 Å². The molecule has 0 radical (unpaired) electrons. The number of aromatic nitrogens is 1. The Bertz CT molecular complexity index is 548. The second-order valence-electron chi connectivity index (χ2n) is 4.39. The van der Waals surface area contributed by atoms with E-state index in [1.54, 1.807) is 20.8 Å². The van der Waals surface area contributed by atoms with E-state index in [-0.39, 0.29) is 16.6 Å². The molecular formula is C9H16N4O3S2. The standard InChI is InChI=1S/C9H16N4O3S2/c1-6-11-4-7(17-6)18(15,16)12-5-9(2,3)8(10)13-14/h4,12,14H,5H2,1-3H3,(H2,10,13). The van der Waals surface area contributed by atoms with E-state index in [1.165, 1.54) is 6.20 Å². The van der Waals surface area contributed by atoms with Crippen molar-refractivity contribution in [3.05, 3.63) is 11.2 Å². The van der Waals surface area contributed by atoms with Crippen LogP contribution in [0, 0.1) is 12.3 Å². The normalized spacial score (nSPS) is 13.8. The van der Waals surface area contributed by atoms with E-state index in [9.17, 15) is 8.42 Å². The maximum absolute atomic E-state index is 11.9. The smallest absolute Gasteiger partial charge is 0.251 e. The van der Waals surface area contributed by atoms with Crippen LogP contribution in [0.1, 0.15) is 18.9 Å². The number of nitrogens with two attached hydrogens (primary N) is 1. The van der Waals surface area contributed by atoms with Crippen LogP contribution in [0.4, 0.5) is 0 Å². The van der Waals surface area contributed by atoms with Crippen LogP contribution in [0.2, 0.25) is 0 Å². The molecule has 0 aliphatic heterocycles. The maximum Gasteiger partial charge on any atom is 0.251 e. The number of hydrogen-bond acceptors (Lipinski definition) is 6. The molecule has 1 heterocycles. The van der Waals surface area contributed by atoms with Gasteiger partial charge in [0.15, 0.2) is 4.21 Å². The number of nitrogens with one attached hydrogen (secondary N) is 1. The van der Waals surface area contributed by atoms with Gasteiger partial charge < -0.3 is 10.9 Å². The fraction of sp³-hybridized carbons (Fsp3) is 0.556. The Balaban J connectivity index is 2.80. The molecule has 0 aliphatic rings. The van der Waals surface area contributed by atoms with Crippen molar-refractivity contribution in [1.29, 1.82) is 0 Å². The van der Waals surface area contributed by atoms with E-state index in [2.05, 4.69) is 14.9 Å². The van der Waals surface area contributed by atoms with Gasteiger partial charge in [-0.25, -0.2) is 18.1 Å². The lowest BCUT2D eigenvalue weighted by Gasteiger charge is -2.22. The van der Waals surface area contributed by atoms with Crippen molar-refractivity contribution in [3.8, 4) is 0 Å². The Morgan fingerprint density at radius 2 is 2.28 bits per heavy atom. The van der Waals surface area contributed by atoms with Crippen LogP contribution >= 0.6 is 11.3 Å². The molecule has 1 rings (SSSR count). The van der Waals surface area contributed by atoms with Gasteiger partial charge in [-0.15, -0.1) is 11.3 Å². The lowest BCUT2D eigenvalue weighted by atomic mass is 9.93. The van der Waals surface area contributed by atoms with Crippen molar-refractivity contribution in [3.63, 3.8) is 0 Å². The van der Waals surface area contributed by atoms with Gasteiger partial charge >= 0.3 is 0 Å². The zero-order valence-corrected chi connectivity index (χ0v) is 12.0. The Hall–Kier alpha value is -1.19. The molecular weight excluding hydrogens is 276 g/mol. The van der Waals surface area contributed by atoms with Crippen molar-refractivity contribution in [2.24, 2.45) is 16.3 Å². The molecule has 0 saturated heterocycles. The number of sulfonamides is 1. The van der Waals surface area contributed by atoms with Crippen LogP contribution in [0.25, 0.3) is 0 Å². The molecule has 0 fully saturated rings. The first-order valence-corrected chi connectivity index (χ1v) is 7.39. The largest absolute Gasteiger partial charge is 0.409 e. The SMILES string of the molecule is Cc1ncc(S(=O)(=O)NCC(C)(C)/C(N)=N/O)s1. The second kappa shape index (κ2) is 5.21. The summed E-state index contributed by atoms with van der Waals surface area (Å²) in [4.78, 5) is 3.89. The fourth-order valence-electron chi connectivity index (χ4n) is 1.04. The highest BCUT2D eigenvalue weighted by molar-refractivity contribution is 7.91. The zero-order valence-electron chi connectivity index (χ0n) is 10.3. The van der Waals surface area contributed by atoms with Gasteiger partial charge in [-0.1, -0.05) is 19.0 Å². The minimum Gasteiger partial charge on any atom is -0.409 e. The summed E-state index contributed by atoms with van der Waals surface area (Å²) in [5.41, 5.74) is 4.70. The second-order valence-corrected chi connectivity index (χ2v) is 7.62. The summed E-state index contributed by atoms with van der Waals surface area (Å²) >= 11 is 1.09. The van der Waals surface area contributed by atoms with Crippen LogP contribution in [0.15, 0.2) is 15.6 Å². The van der Waals surface area contributed by atoms with E-state index < -0.39 is 15.4 Å². The summed E-state index contributed by atoms with van der Waals surface area (Å²) in [6.45, 7) is 5.09. The fourth-order valence-corrected chi connectivity index (χ4v) is 3.40. The number of aryl methyl sites for hydroxylation is 1. The monoisotopic (exact) mass is 292 g/mol. The van der Waals surface area contributed by atoms with Crippen LogP contribution in [0.5, 0.6) is 0 Å². The highest BCUT2D eigenvalue weighted by Crippen LogP contribution is 2.19. The lowest BCUT2D eigenvalue weighted by molar-refractivity contribution is 0.307. The van der Waals surface area contributed by atoms with Gasteiger partial charge in [-0.05, 0) is 6.92 Å². The van der Waals surface area contributed by atoms with Gasteiger partial charge in [0.25, 0.3) is 10.0 Å². The molecule has 18 heavy (non-hydrogen) atoms. The van der Waals surface area contributed by atoms with Gasteiger partial charge in [0, 0.05) is 12.0 Å². The molecule has 102 valence electrons. The summed E-state index contributed by atoms with van der Waals surface area (Å²) in [7, 11) is -3.60. The summed E-state index contributed by atoms with van der Waals surface area (Å²) in [5.74, 6) is -0.0364. The Kier molecular flexibility index (Phi) is 4.30. The molecule has 0 amide bonds. The molecule has 7 nitrogen and oxygen atoms in total. The van der Waals surface area contributed by atoms with Crippen molar-refractivity contribution in [2.75, 3.05) is 6.54 Å². The molecule has 9 heteroatoms. The predicted molar refractivity (Wildman–Crippen MR) is 69.2 cm³/mol. The Morgan fingerprint density at radius 3 is 2.72 bits per heavy atom. The highest BCUT2D eigenvalue weighted by Gasteiger charge is 2.27. The van der Waals surface area contributed by atoms with E-state index >= 15 is 0 Å². The number of oxime groups is 1. The highest BCUT2D eigenvalue weighted by atomic mass is 32.2. The third-order valence-corrected chi connectivity index (χ3v) is 5.15. The molecule has 0 aromatic carbocycles. The third-order valence-electron chi connectivity index (χ3n) is 2.37. The van der Waals surface area contributed by atoms with Crippen LogP contribution in [-0.2, 0) is 10.0 Å². The summed E-state index contributed by atoms with van der Waals surface area (Å²) in [6, 6.07) is 0. The molecule has 0 aliphatic carbocycles. The van der Waals surface area contributed by atoms with Gasteiger partial charge in [0.2, 0.25) is 0 Å². The summed E-state index contributed by atoms with van der Waals surface area (Å²) in [5, 5.41) is 12.2. The number of rotatable bonds is 5. The minimum absolute atomic E-state index is 0.0299. The molecule has 4 N–H and O–H groups in total. The molecule has 1 aromatic heterocycles. The van der Waals surface area contributed by atoms with E-state index in [1.807, 2.05) is 0 Å². The average Bonchev–Trinajstić information content (AvgIpc) is 2.73. The predicted octanol–water partition coefficient (Wildman–Crippen LogP) is 0.502. The summed E-state index contributed by atoms with van der Waals surface area (Å²) in [6.07, 6.45) is 1.30. The van der Waals surface area contributed by atoms with E-state index in [4.69, 9.17) is 10.9 Å². The van der Waals surface area contributed by atoms with Crippen LogP contribution in [-0.4, -0.2) is 31.0 Å². The Morgan fingerprint density at radius 1 is 1.67 bits per heavy atom. The Labute approximate surface area is 110 Å². The maximum atomic E-state index is 11.9. The van der Waals surface area contributed by atoms with Crippen molar-refractivity contribution in [1.82, 2.24) is 9.71 Å². The van der Waals surface area contributed by atoms with Crippen molar-refractivity contribution < 1.29 is 13.6 Å². The molecule has 0 atom stereocenters. The van der Waals surface area contributed by atoms with Gasteiger partial charge in [0.05, 0.1) is 11.2 Å². The van der Waals surface area contributed by atoms with Gasteiger partial charge in [-0.2, -0.15) is 0 Å². The number of nitrogens with zero attached hydrogens (tertiary/aromatic N) is 2. The average molecular weight is 292 g/mol. The summed E-state index contributed by atoms with van der Waals surface area (Å²) < 4.78 is 26.4. The molecule has 0 spiro atoms. The quantitative estimate of drug-likeness (QED) is 0.316. The molecule has 0 saturated carbocycles. The minimum atomic E-state index is -3.60. The van der Waals surface area contributed by atoms with Crippen LogP contribution in [0.3, 0.4) is 0 Å². The number of hydrogen-bond donors (Lipinski definition) is 3. The third kappa shape index (κ3) is 3.40. The first-order chi connectivity index (χ1) is 8.19. The van der Waals surface area contributed by atoms with E-state index in [0.717, 1.165) is 11.3 Å². The number of amidine groups is 1. The molecule has 1 aromatic rings. The van der Waals surface area contributed by atoms with E-state index in [0.29, 0.717) is 5.01 Å². The van der Waals surface area contributed by atoms with Crippen LogP contribution < -0.4 is 10.5 Å². The molecule has 0 unspecified atom stereocenters. The zero-order chi connectivity index (χ0) is 14.0. The molecule has 0 bridgehead atoms. The number of thiazole rings is 1. The van der Waals surface area contributed by atoms with Crippen molar-refractivity contribution in [2.45, 2.75) is 25.0 Å². The topological polar surface area (TPSA) is 118 Å². The first-order valence-electron chi connectivity index (χ1n) is 5.09. The van der Waals surface area contributed by atoms with Gasteiger partial charge in [-0.3, -0.25) is 0 Å². The first kappa shape index (κ1) is 14.9. The lowest BCUT2D eigenvalue weighted by Crippen LogP contribution is -2.42. The van der Waals surface area contributed by atoms with Gasteiger partial charge in [0.1, 0.15) is 5.84 Å².